The number of aliphatic hydroxyl groups excluding tert-OH is 1. The van der Waals surface area contributed by atoms with Crippen molar-refractivity contribution in [1.29, 1.82) is 0 Å². The van der Waals surface area contributed by atoms with Gasteiger partial charge in [0.1, 0.15) is 5.52 Å². The molecule has 2 N–H and O–H groups in total. The van der Waals surface area contributed by atoms with Crippen LogP contribution in [0.5, 0.6) is 0 Å². The van der Waals surface area contributed by atoms with Gasteiger partial charge in [-0.2, -0.15) is 13.2 Å². The van der Waals surface area contributed by atoms with Crippen molar-refractivity contribution in [3.63, 3.8) is 0 Å². The predicted octanol–water partition coefficient (Wildman–Crippen LogP) is 7.89. The average molecular weight is 533 g/mol. The Kier molecular flexibility index (Phi) is 8.11. The first-order chi connectivity index (χ1) is 15.2. The van der Waals surface area contributed by atoms with Crippen LogP contribution in [0.25, 0.3) is 11.0 Å². The molecule has 32 heavy (non-hydrogen) atoms. The van der Waals surface area contributed by atoms with E-state index in [1.807, 2.05) is 16.7 Å². The third-order valence-corrected chi connectivity index (χ3v) is 6.60. The quantitative estimate of drug-likeness (QED) is 0.276. The number of nitrogens with one attached hydrogen (secondary N) is 1. The van der Waals surface area contributed by atoms with Crippen molar-refractivity contribution in [3.8, 4) is 0 Å². The molecule has 4 nitrogen and oxygen atoms in total. The van der Waals surface area contributed by atoms with Gasteiger partial charge >= 0.3 is 6.18 Å². The highest BCUT2D eigenvalue weighted by atomic mass is 79.9. The Balaban J connectivity index is 2.13. The van der Waals surface area contributed by atoms with Crippen LogP contribution in [0.4, 0.5) is 24.8 Å². The van der Waals surface area contributed by atoms with Crippen LogP contribution >= 0.6 is 27.5 Å². The second-order valence-electron chi connectivity index (χ2n) is 7.68. The van der Waals surface area contributed by atoms with E-state index in [-0.39, 0.29) is 11.1 Å². The predicted molar refractivity (Wildman–Crippen MR) is 127 cm³/mol. The normalized spacial score (nSPS) is 12.2. The van der Waals surface area contributed by atoms with E-state index in [1.54, 1.807) is 0 Å². The number of rotatable bonds is 9. The summed E-state index contributed by atoms with van der Waals surface area (Å²) in [5, 5.41) is 12.9. The van der Waals surface area contributed by atoms with Crippen molar-refractivity contribution < 1.29 is 18.3 Å². The molecule has 1 aromatic heterocycles. The van der Waals surface area contributed by atoms with Gasteiger partial charge in [-0.3, -0.25) is 0 Å². The minimum Gasteiger partial charge on any atom is -0.396 e. The van der Waals surface area contributed by atoms with E-state index >= 15 is 0 Å². The lowest BCUT2D eigenvalue weighted by atomic mass is 9.93. The van der Waals surface area contributed by atoms with Gasteiger partial charge in [-0.1, -0.05) is 31.5 Å². The van der Waals surface area contributed by atoms with E-state index in [9.17, 15) is 18.3 Å². The molecule has 0 spiro atoms. The minimum absolute atomic E-state index is 0.0833. The maximum Gasteiger partial charge on any atom is 0.416 e. The Labute approximate surface area is 198 Å². The van der Waals surface area contributed by atoms with Crippen LogP contribution in [-0.4, -0.2) is 21.3 Å². The number of alkyl halides is 3. The Morgan fingerprint density at radius 2 is 1.88 bits per heavy atom. The largest absolute Gasteiger partial charge is 0.416 e. The van der Waals surface area contributed by atoms with Crippen molar-refractivity contribution in [2.24, 2.45) is 0 Å². The van der Waals surface area contributed by atoms with Gasteiger partial charge in [0, 0.05) is 17.6 Å². The van der Waals surface area contributed by atoms with Crippen molar-refractivity contribution in [2.45, 2.75) is 58.2 Å². The number of fused-ring (bicyclic) bond motifs is 1. The highest BCUT2D eigenvalue weighted by molar-refractivity contribution is 9.10. The first kappa shape index (κ1) is 24.9. The Bertz CT molecular complexity index is 1080. The van der Waals surface area contributed by atoms with Gasteiger partial charge in [0.25, 0.3) is 0 Å². The number of hydrogen-bond acceptors (Lipinski definition) is 3. The number of imidazole rings is 1. The van der Waals surface area contributed by atoms with Crippen molar-refractivity contribution in [1.82, 2.24) is 9.55 Å². The number of benzene rings is 2. The van der Waals surface area contributed by atoms with Gasteiger partial charge in [0.15, 0.2) is 0 Å². The first-order valence-electron chi connectivity index (χ1n) is 10.6. The molecule has 0 bridgehead atoms. The molecule has 1 heterocycles. The molecular formula is C23H26BrClF3N3O. The molecule has 0 atom stereocenters. The maximum atomic E-state index is 13.0. The zero-order chi connectivity index (χ0) is 23.5. The van der Waals surface area contributed by atoms with E-state index < -0.39 is 11.7 Å². The van der Waals surface area contributed by atoms with Gasteiger partial charge in [-0.05, 0) is 77.4 Å². The van der Waals surface area contributed by atoms with Crippen molar-refractivity contribution in [3.05, 3.63) is 51.0 Å². The van der Waals surface area contributed by atoms with Gasteiger partial charge in [0.05, 0.1) is 21.8 Å². The number of halogens is 5. The Morgan fingerprint density at radius 3 is 2.47 bits per heavy atom. The smallest absolute Gasteiger partial charge is 0.396 e. The molecule has 0 saturated carbocycles. The standard InChI is InChI=1S/C23H26BrClF3N3O/c1-3-14(4-2)16-8-9-18(25)20-21(16)31(11-5-6-12-32)22(30-20)29-19-10-7-15(13-17(19)24)23(26,27)28/h7-10,13-14,32H,3-6,11-12H2,1-2H3,(H,29,30). The van der Waals surface area contributed by atoms with Crippen LogP contribution in [0.3, 0.4) is 0 Å². The van der Waals surface area contributed by atoms with E-state index in [4.69, 9.17) is 16.6 Å². The summed E-state index contributed by atoms with van der Waals surface area (Å²) in [4.78, 5) is 4.72. The van der Waals surface area contributed by atoms with Crippen molar-refractivity contribution in [2.75, 3.05) is 11.9 Å². The maximum absolute atomic E-state index is 13.0. The van der Waals surface area contributed by atoms with E-state index in [0.717, 1.165) is 42.5 Å². The lowest BCUT2D eigenvalue weighted by molar-refractivity contribution is -0.137. The summed E-state index contributed by atoms with van der Waals surface area (Å²) >= 11 is 9.74. The molecule has 3 aromatic rings. The summed E-state index contributed by atoms with van der Waals surface area (Å²) in [7, 11) is 0. The lowest BCUT2D eigenvalue weighted by Crippen LogP contribution is -2.08. The zero-order valence-electron chi connectivity index (χ0n) is 17.9. The average Bonchev–Trinajstić information content (AvgIpc) is 3.10. The number of aliphatic hydroxyl groups is 1. The third-order valence-electron chi connectivity index (χ3n) is 5.63. The van der Waals surface area contributed by atoms with Crippen LogP contribution in [0.2, 0.25) is 5.02 Å². The summed E-state index contributed by atoms with van der Waals surface area (Å²) in [5.74, 6) is 0.826. The highest BCUT2D eigenvalue weighted by Gasteiger charge is 2.31. The van der Waals surface area contributed by atoms with E-state index in [2.05, 4.69) is 35.1 Å². The molecule has 0 saturated heterocycles. The fraction of sp³-hybridized carbons (Fsp3) is 0.435. The summed E-state index contributed by atoms with van der Waals surface area (Å²) in [6.07, 6.45) is -1.15. The van der Waals surface area contributed by atoms with Gasteiger partial charge in [-0.15, -0.1) is 0 Å². The molecule has 174 valence electrons. The van der Waals surface area contributed by atoms with Gasteiger partial charge < -0.3 is 15.0 Å². The first-order valence-corrected chi connectivity index (χ1v) is 11.8. The molecule has 0 radical (unpaired) electrons. The third kappa shape index (κ3) is 5.24. The summed E-state index contributed by atoms with van der Waals surface area (Å²) in [6.45, 7) is 4.95. The fourth-order valence-electron chi connectivity index (χ4n) is 3.90. The second kappa shape index (κ2) is 10.4. The monoisotopic (exact) mass is 531 g/mol. The fourth-order valence-corrected chi connectivity index (χ4v) is 4.57. The molecule has 0 aliphatic rings. The van der Waals surface area contributed by atoms with Crippen LogP contribution in [-0.2, 0) is 12.7 Å². The molecule has 0 fully saturated rings. The molecule has 0 amide bonds. The van der Waals surface area contributed by atoms with Crippen LogP contribution < -0.4 is 5.32 Å². The summed E-state index contributed by atoms with van der Waals surface area (Å²) in [6, 6.07) is 7.34. The number of aromatic nitrogens is 2. The molecule has 0 aliphatic carbocycles. The van der Waals surface area contributed by atoms with Crippen LogP contribution in [0.15, 0.2) is 34.8 Å². The summed E-state index contributed by atoms with van der Waals surface area (Å²) in [5.41, 5.74) is 2.47. The molecule has 0 aliphatic heterocycles. The lowest BCUT2D eigenvalue weighted by Gasteiger charge is -2.18. The number of unbranched alkanes of at least 4 members (excludes halogenated alkanes) is 1. The molecule has 9 heteroatoms. The minimum atomic E-state index is -4.42. The number of aryl methyl sites for hydroxylation is 1. The topological polar surface area (TPSA) is 50.1 Å². The van der Waals surface area contributed by atoms with Gasteiger partial charge in [0.2, 0.25) is 5.95 Å². The Morgan fingerprint density at radius 1 is 1.16 bits per heavy atom. The van der Waals surface area contributed by atoms with Crippen LogP contribution in [0, 0.1) is 0 Å². The van der Waals surface area contributed by atoms with Crippen LogP contribution in [0.1, 0.15) is 56.6 Å². The number of hydrogen-bond donors (Lipinski definition) is 2. The zero-order valence-corrected chi connectivity index (χ0v) is 20.3. The second-order valence-corrected chi connectivity index (χ2v) is 8.94. The molecule has 3 rings (SSSR count). The van der Waals surface area contributed by atoms with Crippen molar-refractivity contribution >= 4 is 50.2 Å². The molecule has 2 aromatic carbocycles. The number of nitrogens with zero attached hydrogens (tertiary/aromatic N) is 2. The van der Waals surface area contributed by atoms with E-state index in [0.29, 0.717) is 41.1 Å². The SMILES string of the molecule is CCC(CC)c1ccc(Cl)c2nc(Nc3ccc(C(F)(F)F)cc3Br)n(CCCCO)c12. The van der Waals surface area contributed by atoms with Gasteiger partial charge in [-0.25, -0.2) is 4.98 Å². The van der Waals surface area contributed by atoms with E-state index in [1.165, 1.54) is 6.07 Å². The molecular weight excluding hydrogens is 507 g/mol. The highest BCUT2D eigenvalue weighted by Crippen LogP contribution is 2.38. The summed E-state index contributed by atoms with van der Waals surface area (Å²) < 4.78 is 41.4. The molecule has 0 unspecified atom stereocenters. The Hall–Kier alpha value is -1.77. The number of anilines is 2.